The van der Waals surface area contributed by atoms with E-state index in [1.165, 1.54) is 25.7 Å². The minimum Gasteiger partial charge on any atom is -0.0882 e. The number of rotatable bonds is 0. The third-order valence-electron chi connectivity index (χ3n) is 1.95. The first-order valence-corrected chi connectivity index (χ1v) is 4.85. The minimum atomic E-state index is 0.980. The van der Waals surface area contributed by atoms with Crippen molar-refractivity contribution in [3.05, 3.63) is 36.5 Å². The molecular weight excluding hydrogens is 144 g/mol. The Morgan fingerprint density at radius 1 is 0.833 bits per heavy atom. The smallest absolute Gasteiger partial charge is 0.00978 e. The Hall–Kier alpha value is -0.780. The summed E-state index contributed by atoms with van der Waals surface area (Å²) < 4.78 is 0. The highest BCUT2D eigenvalue weighted by atomic mass is 13.9. The Labute approximate surface area is 75.7 Å². The third kappa shape index (κ3) is 4.95. The van der Waals surface area contributed by atoms with Crippen LogP contribution < -0.4 is 0 Å². The molecule has 0 amide bonds. The largest absolute Gasteiger partial charge is 0.0882 e. The molecule has 0 saturated heterocycles. The molecule has 0 bridgehead atoms. The van der Waals surface area contributed by atoms with E-state index in [4.69, 9.17) is 0 Å². The van der Waals surface area contributed by atoms with E-state index in [1.807, 2.05) is 0 Å². The zero-order valence-electron chi connectivity index (χ0n) is 7.63. The molecule has 0 atom stereocenters. The summed E-state index contributed by atoms with van der Waals surface area (Å²) in [6.45, 7) is 0. The molecule has 1 aliphatic carbocycles. The van der Waals surface area contributed by atoms with E-state index >= 15 is 0 Å². The quantitative estimate of drug-likeness (QED) is 0.474. The molecule has 12 heavy (non-hydrogen) atoms. The van der Waals surface area contributed by atoms with Gasteiger partial charge in [-0.1, -0.05) is 30.4 Å². The van der Waals surface area contributed by atoms with Crippen molar-refractivity contribution in [2.24, 2.45) is 0 Å². The predicted molar refractivity (Wildman–Crippen MR) is 53.8 cm³/mol. The fourth-order valence-corrected chi connectivity index (χ4v) is 1.23. The van der Waals surface area contributed by atoms with Crippen LogP contribution in [0.15, 0.2) is 30.4 Å². The Morgan fingerprint density at radius 3 is 2.67 bits per heavy atom. The lowest BCUT2D eigenvalue weighted by atomic mass is 10.1. The summed E-state index contributed by atoms with van der Waals surface area (Å²) in [5.74, 6) is 0. The van der Waals surface area contributed by atoms with E-state index in [1.54, 1.807) is 0 Å². The first-order chi connectivity index (χ1) is 6.00. The summed E-state index contributed by atoms with van der Waals surface area (Å²) in [5, 5.41) is 0. The first-order valence-electron chi connectivity index (χ1n) is 4.85. The van der Waals surface area contributed by atoms with Gasteiger partial charge in [-0.15, -0.1) is 0 Å². The van der Waals surface area contributed by atoms with Crippen molar-refractivity contribution < 1.29 is 0 Å². The SMILES string of the molecule is [C]1=C\CCCC/C=C/C/C=C\C/1. The molecule has 1 rings (SSSR count). The molecule has 0 fully saturated rings. The average molecular weight is 161 g/mol. The van der Waals surface area contributed by atoms with Crippen LogP contribution in [0.4, 0.5) is 0 Å². The summed E-state index contributed by atoms with van der Waals surface area (Å²) in [6, 6.07) is 0. The van der Waals surface area contributed by atoms with Crippen LogP contribution in [-0.2, 0) is 0 Å². The van der Waals surface area contributed by atoms with E-state index in [9.17, 15) is 0 Å². The lowest BCUT2D eigenvalue weighted by Gasteiger charge is -1.93. The van der Waals surface area contributed by atoms with Gasteiger partial charge in [0.2, 0.25) is 0 Å². The normalized spacial score (nSPS) is 28.0. The van der Waals surface area contributed by atoms with Crippen LogP contribution >= 0.6 is 0 Å². The Balaban J connectivity index is 2.31. The summed E-state index contributed by atoms with van der Waals surface area (Å²) in [7, 11) is 0. The molecule has 65 valence electrons. The zero-order valence-corrected chi connectivity index (χ0v) is 7.63. The summed E-state index contributed by atoms with van der Waals surface area (Å²) in [5.41, 5.74) is 0. The molecule has 0 nitrogen and oxygen atoms in total. The van der Waals surface area contributed by atoms with Gasteiger partial charge in [-0.25, -0.2) is 0 Å². The molecule has 0 N–H and O–H groups in total. The van der Waals surface area contributed by atoms with E-state index in [2.05, 4.69) is 36.5 Å². The van der Waals surface area contributed by atoms with E-state index in [-0.39, 0.29) is 0 Å². The highest BCUT2D eigenvalue weighted by molar-refractivity contribution is 4.95. The first kappa shape index (κ1) is 9.31. The van der Waals surface area contributed by atoms with Crippen LogP contribution in [0.2, 0.25) is 0 Å². The molecule has 0 aromatic carbocycles. The maximum absolute atomic E-state index is 3.27. The fraction of sp³-hybridized carbons (Fsp3) is 0.500. The molecule has 0 aromatic rings. The highest BCUT2D eigenvalue weighted by Crippen LogP contribution is 2.03. The maximum atomic E-state index is 3.27. The Bertz CT molecular complexity index is 152. The van der Waals surface area contributed by atoms with Crippen molar-refractivity contribution in [3.8, 4) is 0 Å². The van der Waals surface area contributed by atoms with E-state index < -0.39 is 0 Å². The second kappa shape index (κ2) is 6.90. The van der Waals surface area contributed by atoms with Crippen molar-refractivity contribution in [2.45, 2.75) is 38.5 Å². The van der Waals surface area contributed by atoms with Crippen molar-refractivity contribution in [3.63, 3.8) is 0 Å². The van der Waals surface area contributed by atoms with Gasteiger partial charge in [0.1, 0.15) is 0 Å². The molecule has 0 aliphatic heterocycles. The van der Waals surface area contributed by atoms with Crippen molar-refractivity contribution in [2.75, 3.05) is 0 Å². The molecule has 0 heteroatoms. The summed E-state index contributed by atoms with van der Waals surface area (Å²) in [6.07, 6.45) is 21.5. The Morgan fingerprint density at radius 2 is 1.67 bits per heavy atom. The molecule has 1 radical (unpaired) electrons. The molecule has 0 saturated carbocycles. The van der Waals surface area contributed by atoms with Gasteiger partial charge in [-0.3, -0.25) is 0 Å². The lowest BCUT2D eigenvalue weighted by Crippen LogP contribution is -1.74. The third-order valence-corrected chi connectivity index (χ3v) is 1.95. The van der Waals surface area contributed by atoms with Crippen LogP contribution in [0.1, 0.15) is 38.5 Å². The minimum absolute atomic E-state index is 0.980. The molecule has 0 aromatic heterocycles. The lowest BCUT2D eigenvalue weighted by molar-refractivity contribution is 0.759. The predicted octanol–water partition coefficient (Wildman–Crippen LogP) is 3.81. The van der Waals surface area contributed by atoms with Gasteiger partial charge in [-0.2, -0.15) is 0 Å². The van der Waals surface area contributed by atoms with Crippen LogP contribution in [0.3, 0.4) is 0 Å². The highest BCUT2D eigenvalue weighted by Gasteiger charge is 1.84. The van der Waals surface area contributed by atoms with Crippen LogP contribution in [0.5, 0.6) is 0 Å². The maximum Gasteiger partial charge on any atom is -0.00978 e. The molecule has 0 spiro atoms. The van der Waals surface area contributed by atoms with Crippen LogP contribution in [-0.4, -0.2) is 0 Å². The van der Waals surface area contributed by atoms with Crippen molar-refractivity contribution in [1.82, 2.24) is 0 Å². The van der Waals surface area contributed by atoms with Crippen LogP contribution in [0.25, 0.3) is 0 Å². The average Bonchev–Trinajstić information content (AvgIpc) is 2.05. The number of hydrogen-bond donors (Lipinski definition) is 0. The topological polar surface area (TPSA) is 0 Å². The van der Waals surface area contributed by atoms with Gasteiger partial charge in [0.15, 0.2) is 0 Å². The van der Waals surface area contributed by atoms with Gasteiger partial charge in [-0.05, 0) is 44.6 Å². The van der Waals surface area contributed by atoms with Crippen molar-refractivity contribution >= 4 is 0 Å². The molecule has 0 unspecified atom stereocenters. The fourth-order valence-electron chi connectivity index (χ4n) is 1.23. The van der Waals surface area contributed by atoms with Crippen molar-refractivity contribution in [1.29, 1.82) is 0 Å². The van der Waals surface area contributed by atoms with Gasteiger partial charge >= 0.3 is 0 Å². The van der Waals surface area contributed by atoms with Gasteiger partial charge in [0.05, 0.1) is 0 Å². The molecule has 1 aliphatic rings. The summed E-state index contributed by atoms with van der Waals surface area (Å²) >= 11 is 0. The monoisotopic (exact) mass is 161 g/mol. The van der Waals surface area contributed by atoms with Gasteiger partial charge in [0, 0.05) is 0 Å². The number of allylic oxidation sites excluding steroid dienone is 6. The summed E-state index contributed by atoms with van der Waals surface area (Å²) in [4.78, 5) is 0. The molecule has 0 heterocycles. The van der Waals surface area contributed by atoms with E-state index in [0.717, 1.165) is 12.8 Å². The van der Waals surface area contributed by atoms with E-state index in [0.29, 0.717) is 0 Å². The zero-order chi connectivity index (χ0) is 8.49. The molecular formula is C12H17. The second-order valence-electron chi connectivity index (χ2n) is 3.08. The van der Waals surface area contributed by atoms with Gasteiger partial charge in [0.25, 0.3) is 0 Å². The number of hydrogen-bond acceptors (Lipinski definition) is 0. The second-order valence-corrected chi connectivity index (χ2v) is 3.08. The van der Waals surface area contributed by atoms with Gasteiger partial charge < -0.3 is 0 Å². The van der Waals surface area contributed by atoms with Crippen LogP contribution in [0, 0.1) is 6.08 Å². The Kier molecular flexibility index (Phi) is 5.35. The standard InChI is InChI=1S/C12H17/c1-2-4-6-8-10-12-11-9-7-5-3-1/h1-2,5,7,12H,3-4,6,8-10H2/b2-1+,7-5-,12-11?.